The van der Waals surface area contributed by atoms with Gasteiger partial charge in [-0.05, 0) is 44.0 Å². The van der Waals surface area contributed by atoms with Crippen molar-refractivity contribution in [2.75, 3.05) is 20.1 Å². The minimum atomic E-state index is 0.679. The van der Waals surface area contributed by atoms with Gasteiger partial charge in [0, 0.05) is 24.2 Å². The van der Waals surface area contributed by atoms with E-state index in [1.165, 1.54) is 18.4 Å². The Morgan fingerprint density at radius 1 is 1.39 bits per heavy atom. The lowest BCUT2D eigenvalue weighted by molar-refractivity contribution is 0.274. The highest BCUT2D eigenvalue weighted by atomic mass is 35.5. The summed E-state index contributed by atoms with van der Waals surface area (Å²) in [5.74, 6) is 0.679. The lowest BCUT2D eigenvalue weighted by Crippen LogP contribution is -2.31. The predicted molar refractivity (Wildman–Crippen MR) is 78.0 cm³/mol. The van der Waals surface area contributed by atoms with Crippen LogP contribution in [0.25, 0.3) is 0 Å². The fraction of sp³-hybridized carbons (Fsp3) is 0.600. The molecule has 1 aliphatic carbocycles. The standard InChI is InChI=1S/C15H23ClN2/c1-12(9-17-14-7-8-14)10-18(2)11-13-5-3-4-6-15(13)16/h3-6,12,14,17H,7-11H2,1-2H3. The van der Waals surface area contributed by atoms with E-state index in [9.17, 15) is 0 Å². The van der Waals surface area contributed by atoms with Crippen molar-refractivity contribution < 1.29 is 0 Å². The molecule has 0 aliphatic heterocycles. The highest BCUT2D eigenvalue weighted by Crippen LogP contribution is 2.19. The molecule has 0 bridgehead atoms. The first-order valence-corrected chi connectivity index (χ1v) is 7.18. The first-order chi connectivity index (χ1) is 8.65. The molecule has 3 heteroatoms. The summed E-state index contributed by atoms with van der Waals surface area (Å²) < 4.78 is 0. The molecular weight excluding hydrogens is 244 g/mol. The van der Waals surface area contributed by atoms with E-state index in [4.69, 9.17) is 11.6 Å². The summed E-state index contributed by atoms with van der Waals surface area (Å²) in [4.78, 5) is 2.35. The topological polar surface area (TPSA) is 15.3 Å². The molecule has 1 aromatic carbocycles. The van der Waals surface area contributed by atoms with E-state index in [-0.39, 0.29) is 0 Å². The van der Waals surface area contributed by atoms with E-state index < -0.39 is 0 Å². The van der Waals surface area contributed by atoms with Gasteiger partial charge in [-0.15, -0.1) is 0 Å². The Balaban J connectivity index is 1.73. The minimum absolute atomic E-state index is 0.679. The normalized spacial score (nSPS) is 17.1. The quantitative estimate of drug-likeness (QED) is 0.816. The van der Waals surface area contributed by atoms with Gasteiger partial charge in [-0.1, -0.05) is 36.7 Å². The van der Waals surface area contributed by atoms with Crippen LogP contribution in [0.2, 0.25) is 5.02 Å². The van der Waals surface area contributed by atoms with Crippen molar-refractivity contribution >= 4 is 11.6 Å². The molecule has 1 atom stereocenters. The smallest absolute Gasteiger partial charge is 0.0451 e. The van der Waals surface area contributed by atoms with Crippen molar-refractivity contribution in [1.82, 2.24) is 10.2 Å². The van der Waals surface area contributed by atoms with Crippen LogP contribution in [0.3, 0.4) is 0 Å². The summed E-state index contributed by atoms with van der Waals surface area (Å²) in [5, 5.41) is 4.45. The number of nitrogens with one attached hydrogen (secondary N) is 1. The van der Waals surface area contributed by atoms with E-state index in [1.807, 2.05) is 18.2 Å². The van der Waals surface area contributed by atoms with Crippen LogP contribution in [0.1, 0.15) is 25.3 Å². The summed E-state index contributed by atoms with van der Waals surface area (Å²) in [6.07, 6.45) is 2.73. The van der Waals surface area contributed by atoms with Crippen LogP contribution >= 0.6 is 11.6 Å². The Bertz CT molecular complexity index is 377. The molecule has 1 N–H and O–H groups in total. The lowest BCUT2D eigenvalue weighted by Gasteiger charge is -2.22. The molecule has 100 valence electrons. The Morgan fingerprint density at radius 2 is 2.11 bits per heavy atom. The summed E-state index contributed by atoms with van der Waals surface area (Å²) in [6.45, 7) is 5.45. The summed E-state index contributed by atoms with van der Waals surface area (Å²) in [7, 11) is 2.16. The van der Waals surface area contributed by atoms with Gasteiger partial charge in [0.05, 0.1) is 0 Å². The molecule has 0 radical (unpaired) electrons. The van der Waals surface area contributed by atoms with E-state index in [0.29, 0.717) is 5.92 Å². The Morgan fingerprint density at radius 3 is 2.78 bits per heavy atom. The van der Waals surface area contributed by atoms with Gasteiger partial charge in [-0.25, -0.2) is 0 Å². The molecule has 2 rings (SSSR count). The third-order valence-electron chi connectivity index (χ3n) is 3.35. The highest BCUT2D eigenvalue weighted by molar-refractivity contribution is 6.31. The summed E-state index contributed by atoms with van der Waals surface area (Å²) in [6, 6.07) is 8.90. The van der Waals surface area contributed by atoms with Gasteiger partial charge in [-0.3, -0.25) is 0 Å². The van der Waals surface area contributed by atoms with Gasteiger partial charge in [0.1, 0.15) is 0 Å². The average molecular weight is 267 g/mol. The zero-order valence-corrected chi connectivity index (χ0v) is 12.1. The fourth-order valence-corrected chi connectivity index (χ4v) is 2.43. The van der Waals surface area contributed by atoms with Crippen molar-refractivity contribution in [2.24, 2.45) is 5.92 Å². The number of halogens is 1. The SMILES string of the molecule is CC(CNC1CC1)CN(C)Cc1ccccc1Cl. The van der Waals surface area contributed by atoms with Crippen LogP contribution < -0.4 is 5.32 Å². The summed E-state index contributed by atoms with van der Waals surface area (Å²) >= 11 is 6.18. The molecule has 1 aromatic rings. The van der Waals surface area contributed by atoms with Gasteiger partial charge in [0.2, 0.25) is 0 Å². The monoisotopic (exact) mass is 266 g/mol. The van der Waals surface area contributed by atoms with Gasteiger partial charge < -0.3 is 10.2 Å². The zero-order valence-electron chi connectivity index (χ0n) is 11.3. The van der Waals surface area contributed by atoms with Crippen molar-refractivity contribution in [3.8, 4) is 0 Å². The Kier molecular flexibility index (Phi) is 5.04. The van der Waals surface area contributed by atoms with Gasteiger partial charge in [0.25, 0.3) is 0 Å². The van der Waals surface area contributed by atoms with Crippen molar-refractivity contribution in [3.05, 3.63) is 34.9 Å². The molecule has 1 unspecified atom stereocenters. The molecule has 0 heterocycles. The van der Waals surface area contributed by atoms with E-state index in [2.05, 4.69) is 30.3 Å². The third-order valence-corrected chi connectivity index (χ3v) is 3.72. The number of nitrogens with zero attached hydrogens (tertiary/aromatic N) is 1. The Hall–Kier alpha value is -0.570. The predicted octanol–water partition coefficient (Wildman–Crippen LogP) is 3.16. The Labute approximate surface area is 115 Å². The van der Waals surface area contributed by atoms with Crippen LogP contribution in [0.4, 0.5) is 0 Å². The molecule has 0 aromatic heterocycles. The number of rotatable bonds is 7. The average Bonchev–Trinajstić information content (AvgIpc) is 3.13. The third kappa shape index (κ3) is 4.60. The second-order valence-electron chi connectivity index (χ2n) is 5.58. The van der Waals surface area contributed by atoms with Gasteiger partial charge in [-0.2, -0.15) is 0 Å². The fourth-order valence-electron chi connectivity index (χ4n) is 2.23. The number of hydrogen-bond donors (Lipinski definition) is 1. The maximum Gasteiger partial charge on any atom is 0.0451 e. The van der Waals surface area contributed by atoms with Crippen LogP contribution in [0.5, 0.6) is 0 Å². The first-order valence-electron chi connectivity index (χ1n) is 6.80. The molecule has 0 amide bonds. The molecule has 18 heavy (non-hydrogen) atoms. The minimum Gasteiger partial charge on any atom is -0.314 e. The molecule has 1 aliphatic rings. The van der Waals surface area contributed by atoms with Gasteiger partial charge in [0.15, 0.2) is 0 Å². The maximum absolute atomic E-state index is 6.18. The summed E-state index contributed by atoms with van der Waals surface area (Å²) in [5.41, 5.74) is 1.21. The molecule has 0 spiro atoms. The zero-order chi connectivity index (χ0) is 13.0. The number of hydrogen-bond acceptors (Lipinski definition) is 2. The maximum atomic E-state index is 6.18. The molecule has 2 nitrogen and oxygen atoms in total. The van der Waals surface area contributed by atoms with Crippen LogP contribution in [0.15, 0.2) is 24.3 Å². The second kappa shape index (κ2) is 6.55. The lowest BCUT2D eigenvalue weighted by atomic mass is 10.1. The van der Waals surface area contributed by atoms with Gasteiger partial charge >= 0.3 is 0 Å². The van der Waals surface area contributed by atoms with Crippen LogP contribution in [0, 0.1) is 5.92 Å². The van der Waals surface area contributed by atoms with E-state index in [1.54, 1.807) is 0 Å². The first kappa shape index (κ1) is 13.9. The van der Waals surface area contributed by atoms with Crippen molar-refractivity contribution in [2.45, 2.75) is 32.4 Å². The molecular formula is C15H23ClN2. The highest BCUT2D eigenvalue weighted by Gasteiger charge is 2.21. The largest absolute Gasteiger partial charge is 0.314 e. The van der Waals surface area contributed by atoms with Crippen molar-refractivity contribution in [1.29, 1.82) is 0 Å². The molecule has 1 saturated carbocycles. The second-order valence-corrected chi connectivity index (χ2v) is 5.98. The van der Waals surface area contributed by atoms with Crippen LogP contribution in [-0.4, -0.2) is 31.1 Å². The molecule has 0 saturated heterocycles. The van der Waals surface area contributed by atoms with Crippen LogP contribution in [-0.2, 0) is 6.54 Å². The molecule has 1 fully saturated rings. The number of benzene rings is 1. The van der Waals surface area contributed by atoms with E-state index in [0.717, 1.165) is 30.7 Å². The van der Waals surface area contributed by atoms with E-state index >= 15 is 0 Å². The van der Waals surface area contributed by atoms with Crippen molar-refractivity contribution in [3.63, 3.8) is 0 Å².